The molecule has 1 aromatic heterocycles. The van der Waals surface area contributed by atoms with Crippen LogP contribution in [0.3, 0.4) is 0 Å². The van der Waals surface area contributed by atoms with Crippen LogP contribution in [0, 0.1) is 6.92 Å². The van der Waals surface area contributed by atoms with Crippen molar-refractivity contribution in [2.75, 3.05) is 6.61 Å². The van der Waals surface area contributed by atoms with Crippen LogP contribution in [0.2, 0.25) is 0 Å². The van der Waals surface area contributed by atoms with Gasteiger partial charge in [-0.2, -0.15) is 4.98 Å². The number of esters is 1. The largest absolute Gasteiger partial charge is 0.485 e. The molecule has 0 aliphatic heterocycles. The molecule has 2 aromatic rings. The predicted molar refractivity (Wildman–Crippen MR) is 83.4 cm³/mol. The quantitative estimate of drug-likeness (QED) is 0.768. The molecule has 0 saturated heterocycles. The van der Waals surface area contributed by atoms with Crippen molar-refractivity contribution in [3.63, 3.8) is 0 Å². The predicted octanol–water partition coefficient (Wildman–Crippen LogP) is 1.64. The normalized spacial score (nSPS) is 10.5. The monoisotopic (exact) mass is 333 g/mol. The lowest BCUT2D eigenvalue weighted by Gasteiger charge is -2.09. The zero-order valence-corrected chi connectivity index (χ0v) is 13.7. The summed E-state index contributed by atoms with van der Waals surface area (Å²) in [5.74, 6) is 0.537. The lowest BCUT2D eigenvalue weighted by molar-refractivity contribution is -0.124. The minimum absolute atomic E-state index is 0.00405. The molecule has 8 heteroatoms. The third kappa shape index (κ3) is 5.38. The highest BCUT2D eigenvalue weighted by Crippen LogP contribution is 2.14. The fraction of sp³-hybridized carbons (Fsp3) is 0.375. The Balaban J connectivity index is 1.82. The Bertz CT molecular complexity index is 694. The number of nitrogens with one attached hydrogen (secondary N) is 1. The fourth-order valence-corrected chi connectivity index (χ4v) is 1.81. The molecule has 0 aliphatic rings. The Morgan fingerprint density at radius 1 is 1.25 bits per heavy atom. The third-order valence-corrected chi connectivity index (χ3v) is 2.81. The minimum Gasteiger partial charge on any atom is -0.485 e. The van der Waals surface area contributed by atoms with E-state index in [0.29, 0.717) is 23.0 Å². The summed E-state index contributed by atoms with van der Waals surface area (Å²) >= 11 is 0. The number of nitrogens with zero attached hydrogens (tertiary/aromatic N) is 2. The van der Waals surface area contributed by atoms with Gasteiger partial charge in [-0.1, -0.05) is 5.16 Å². The zero-order chi connectivity index (χ0) is 17.5. The number of ether oxygens (including phenoxy) is 2. The van der Waals surface area contributed by atoms with E-state index in [1.54, 1.807) is 31.2 Å². The molecule has 0 spiro atoms. The molecule has 128 valence electrons. The second-order valence-corrected chi connectivity index (χ2v) is 5.34. The number of rotatable bonds is 7. The molecule has 24 heavy (non-hydrogen) atoms. The standard InChI is InChI=1S/C16H19N3O5/c1-10(2)17-15(20)9-23-16(21)12-4-6-13(7-5-12)22-8-14-18-11(3)24-19-14/h4-7,10H,8-9H2,1-3H3,(H,17,20). The minimum atomic E-state index is -0.575. The molecule has 1 heterocycles. The number of hydrogen-bond acceptors (Lipinski definition) is 7. The van der Waals surface area contributed by atoms with Crippen LogP contribution >= 0.6 is 0 Å². The highest BCUT2D eigenvalue weighted by atomic mass is 16.5. The van der Waals surface area contributed by atoms with Crippen molar-refractivity contribution in [1.29, 1.82) is 0 Å². The van der Waals surface area contributed by atoms with E-state index >= 15 is 0 Å². The second-order valence-electron chi connectivity index (χ2n) is 5.34. The molecule has 8 nitrogen and oxygen atoms in total. The summed E-state index contributed by atoms with van der Waals surface area (Å²) in [5, 5.41) is 6.35. The average Bonchev–Trinajstić information content (AvgIpc) is 2.96. The number of carbonyl (C=O) groups is 2. The number of hydrogen-bond donors (Lipinski definition) is 1. The van der Waals surface area contributed by atoms with Gasteiger partial charge in [-0.05, 0) is 38.1 Å². The van der Waals surface area contributed by atoms with Gasteiger partial charge in [0.1, 0.15) is 5.75 Å². The number of aryl methyl sites for hydroxylation is 1. The molecule has 0 aliphatic carbocycles. The Kier molecular flexibility index (Phi) is 5.89. The third-order valence-electron chi connectivity index (χ3n) is 2.81. The van der Waals surface area contributed by atoms with Crippen LogP contribution in [0.25, 0.3) is 0 Å². The Hall–Kier alpha value is -2.90. The van der Waals surface area contributed by atoms with Crippen LogP contribution in [0.4, 0.5) is 0 Å². The van der Waals surface area contributed by atoms with E-state index < -0.39 is 5.97 Å². The molecule has 1 N–H and O–H groups in total. The van der Waals surface area contributed by atoms with E-state index in [2.05, 4.69) is 15.5 Å². The average molecular weight is 333 g/mol. The van der Waals surface area contributed by atoms with Gasteiger partial charge in [0.25, 0.3) is 5.91 Å². The van der Waals surface area contributed by atoms with Gasteiger partial charge in [-0.3, -0.25) is 4.79 Å². The fourth-order valence-electron chi connectivity index (χ4n) is 1.81. The number of amides is 1. The van der Waals surface area contributed by atoms with Crippen molar-refractivity contribution in [2.24, 2.45) is 0 Å². The number of aromatic nitrogens is 2. The maximum atomic E-state index is 11.9. The van der Waals surface area contributed by atoms with Crippen LogP contribution in [-0.2, 0) is 16.1 Å². The lowest BCUT2D eigenvalue weighted by atomic mass is 10.2. The van der Waals surface area contributed by atoms with Gasteiger partial charge in [0.2, 0.25) is 11.7 Å². The first-order valence-corrected chi connectivity index (χ1v) is 7.42. The highest BCUT2D eigenvalue weighted by Gasteiger charge is 2.11. The summed E-state index contributed by atoms with van der Waals surface area (Å²) < 4.78 is 15.3. The summed E-state index contributed by atoms with van der Waals surface area (Å²) in [6, 6.07) is 6.35. The van der Waals surface area contributed by atoms with Gasteiger partial charge >= 0.3 is 5.97 Å². The van der Waals surface area contributed by atoms with Crippen molar-refractivity contribution in [1.82, 2.24) is 15.5 Å². The van der Waals surface area contributed by atoms with Gasteiger partial charge in [0.15, 0.2) is 13.2 Å². The van der Waals surface area contributed by atoms with Crippen molar-refractivity contribution in [2.45, 2.75) is 33.4 Å². The van der Waals surface area contributed by atoms with Crippen LogP contribution in [0.15, 0.2) is 28.8 Å². The van der Waals surface area contributed by atoms with Gasteiger partial charge in [-0.25, -0.2) is 4.79 Å². The molecule has 0 saturated carbocycles. The first-order valence-electron chi connectivity index (χ1n) is 7.42. The van der Waals surface area contributed by atoms with Crippen molar-refractivity contribution in [3.8, 4) is 5.75 Å². The topological polar surface area (TPSA) is 104 Å². The van der Waals surface area contributed by atoms with Crippen molar-refractivity contribution in [3.05, 3.63) is 41.5 Å². The first kappa shape index (κ1) is 17.5. The molecule has 1 amide bonds. The second kappa shape index (κ2) is 8.09. The molecule has 0 fully saturated rings. The maximum Gasteiger partial charge on any atom is 0.338 e. The summed E-state index contributed by atoms with van der Waals surface area (Å²) in [5.41, 5.74) is 0.329. The smallest absolute Gasteiger partial charge is 0.338 e. The van der Waals surface area contributed by atoms with E-state index in [0.717, 1.165) is 0 Å². The van der Waals surface area contributed by atoms with Gasteiger partial charge in [-0.15, -0.1) is 0 Å². The molecule has 0 radical (unpaired) electrons. The van der Waals surface area contributed by atoms with Gasteiger partial charge in [0.05, 0.1) is 5.56 Å². The SMILES string of the molecule is Cc1nc(COc2ccc(C(=O)OCC(=O)NC(C)C)cc2)no1. The Morgan fingerprint density at radius 2 is 1.96 bits per heavy atom. The van der Waals surface area contributed by atoms with E-state index in [-0.39, 0.29) is 25.2 Å². The number of carbonyl (C=O) groups excluding carboxylic acids is 2. The molecule has 2 rings (SSSR count). The van der Waals surface area contributed by atoms with Crippen LogP contribution in [0.5, 0.6) is 5.75 Å². The van der Waals surface area contributed by atoms with E-state index in [1.807, 2.05) is 13.8 Å². The van der Waals surface area contributed by atoms with Gasteiger partial charge < -0.3 is 19.3 Å². The van der Waals surface area contributed by atoms with Crippen LogP contribution in [0.1, 0.15) is 35.9 Å². The van der Waals surface area contributed by atoms with Gasteiger partial charge in [0, 0.05) is 13.0 Å². The lowest BCUT2D eigenvalue weighted by Crippen LogP contribution is -2.33. The van der Waals surface area contributed by atoms with Crippen molar-refractivity contribution >= 4 is 11.9 Å². The summed E-state index contributed by atoms with van der Waals surface area (Å²) in [4.78, 5) is 27.3. The summed E-state index contributed by atoms with van der Waals surface area (Å²) in [6.45, 7) is 5.20. The molecule has 0 bridgehead atoms. The van der Waals surface area contributed by atoms with Crippen LogP contribution in [-0.4, -0.2) is 34.7 Å². The summed E-state index contributed by atoms with van der Waals surface area (Å²) in [7, 11) is 0. The van der Waals surface area contributed by atoms with Crippen molar-refractivity contribution < 1.29 is 23.6 Å². The molecule has 1 aromatic carbocycles. The Labute approximate surface area is 139 Å². The highest BCUT2D eigenvalue weighted by molar-refractivity contribution is 5.91. The molecular formula is C16H19N3O5. The Morgan fingerprint density at radius 3 is 2.54 bits per heavy atom. The maximum absolute atomic E-state index is 11.9. The number of benzene rings is 1. The zero-order valence-electron chi connectivity index (χ0n) is 13.7. The molecule has 0 atom stereocenters. The van der Waals surface area contributed by atoms with E-state index in [4.69, 9.17) is 14.0 Å². The van der Waals surface area contributed by atoms with E-state index in [1.165, 1.54) is 0 Å². The molecular weight excluding hydrogens is 314 g/mol. The van der Waals surface area contributed by atoms with E-state index in [9.17, 15) is 9.59 Å². The summed E-state index contributed by atoms with van der Waals surface area (Å²) in [6.07, 6.45) is 0. The first-order chi connectivity index (χ1) is 11.4. The van der Waals surface area contributed by atoms with Crippen LogP contribution < -0.4 is 10.1 Å². The molecule has 0 unspecified atom stereocenters.